The van der Waals surface area contributed by atoms with Gasteiger partial charge in [-0.2, -0.15) is 0 Å². The lowest BCUT2D eigenvalue weighted by Gasteiger charge is -1.89. The number of thiazole rings is 1. The minimum absolute atomic E-state index is 1.09. The molecular formula is C8H6NS. The van der Waals surface area contributed by atoms with Gasteiger partial charge in [0.05, 0.1) is 15.7 Å². The Hall–Kier alpha value is -0.890. The van der Waals surface area contributed by atoms with Crippen LogP contribution < -0.4 is 0 Å². The zero-order valence-electron chi connectivity index (χ0n) is 5.59. The molecule has 49 valence electrons. The Bertz CT molecular complexity index is 351. The van der Waals surface area contributed by atoms with Crippen LogP contribution in [0.1, 0.15) is 5.56 Å². The second-order valence-electron chi connectivity index (χ2n) is 2.19. The molecule has 2 aromatic rings. The monoisotopic (exact) mass is 148 g/mol. The number of rotatable bonds is 0. The van der Waals surface area contributed by atoms with E-state index in [1.807, 2.05) is 17.6 Å². The van der Waals surface area contributed by atoms with E-state index in [1.54, 1.807) is 11.3 Å². The van der Waals surface area contributed by atoms with E-state index < -0.39 is 0 Å². The summed E-state index contributed by atoms with van der Waals surface area (Å²) in [7, 11) is 0. The number of fused-ring (bicyclic) bond motifs is 1. The molecule has 0 unspecified atom stereocenters. The van der Waals surface area contributed by atoms with Crippen molar-refractivity contribution in [1.82, 2.24) is 4.98 Å². The smallest absolute Gasteiger partial charge is 0.0847 e. The van der Waals surface area contributed by atoms with Crippen LogP contribution in [-0.4, -0.2) is 4.98 Å². The zero-order chi connectivity index (χ0) is 6.97. The number of aryl methyl sites for hydroxylation is 1. The fourth-order valence-corrected chi connectivity index (χ4v) is 1.68. The average Bonchev–Trinajstić information content (AvgIpc) is 2.36. The van der Waals surface area contributed by atoms with Gasteiger partial charge in [0.2, 0.25) is 0 Å². The van der Waals surface area contributed by atoms with Crippen molar-refractivity contribution in [3.05, 3.63) is 29.3 Å². The van der Waals surface area contributed by atoms with Crippen LogP contribution in [0.25, 0.3) is 10.2 Å². The predicted molar refractivity (Wildman–Crippen MR) is 43.2 cm³/mol. The van der Waals surface area contributed by atoms with Gasteiger partial charge in [-0.05, 0) is 12.5 Å². The lowest BCUT2D eigenvalue weighted by atomic mass is 10.2. The lowest BCUT2D eigenvalue weighted by molar-refractivity contribution is 1.43. The Morgan fingerprint density at radius 2 is 2.50 bits per heavy atom. The van der Waals surface area contributed by atoms with Gasteiger partial charge in [-0.1, -0.05) is 12.1 Å². The van der Waals surface area contributed by atoms with Gasteiger partial charge >= 0.3 is 0 Å². The van der Waals surface area contributed by atoms with E-state index in [1.165, 1.54) is 5.56 Å². The van der Waals surface area contributed by atoms with Crippen LogP contribution in [0.3, 0.4) is 0 Å². The molecule has 1 aromatic heterocycles. The topological polar surface area (TPSA) is 12.9 Å². The van der Waals surface area contributed by atoms with Gasteiger partial charge in [-0.25, -0.2) is 4.98 Å². The van der Waals surface area contributed by atoms with Gasteiger partial charge < -0.3 is 0 Å². The van der Waals surface area contributed by atoms with Gasteiger partial charge in [-0.3, -0.25) is 0 Å². The first kappa shape index (κ1) is 5.86. The standard InChI is InChI=1S/C8H6NS/c1-6-3-2-4-7-8(6)9-5-10-7/h2-3,5H,1H3. The Morgan fingerprint density at radius 1 is 1.60 bits per heavy atom. The van der Waals surface area contributed by atoms with Gasteiger partial charge in [0.1, 0.15) is 0 Å². The molecule has 0 fully saturated rings. The van der Waals surface area contributed by atoms with Gasteiger partial charge in [0, 0.05) is 6.07 Å². The number of aromatic nitrogens is 1. The molecule has 0 spiro atoms. The van der Waals surface area contributed by atoms with Crippen LogP contribution in [0.2, 0.25) is 0 Å². The molecule has 0 atom stereocenters. The molecule has 1 nitrogen and oxygen atoms in total. The van der Waals surface area contributed by atoms with Crippen molar-refractivity contribution >= 4 is 21.6 Å². The molecule has 2 rings (SSSR count). The van der Waals surface area contributed by atoms with E-state index >= 15 is 0 Å². The summed E-state index contributed by atoms with van der Waals surface area (Å²) in [5.41, 5.74) is 4.18. The molecule has 0 N–H and O–H groups in total. The molecule has 0 aliphatic rings. The summed E-state index contributed by atoms with van der Waals surface area (Å²) in [4.78, 5) is 4.21. The zero-order valence-corrected chi connectivity index (χ0v) is 6.40. The Balaban J connectivity index is 2.95. The quantitative estimate of drug-likeness (QED) is 0.559. The molecule has 2 heteroatoms. The molecule has 0 bridgehead atoms. The summed E-state index contributed by atoms with van der Waals surface area (Å²) in [6, 6.07) is 7.10. The van der Waals surface area contributed by atoms with Crippen molar-refractivity contribution in [3.63, 3.8) is 0 Å². The Labute approximate surface area is 63.3 Å². The second-order valence-corrected chi connectivity index (χ2v) is 3.05. The fraction of sp³-hybridized carbons (Fsp3) is 0.125. The highest BCUT2D eigenvalue weighted by Crippen LogP contribution is 2.19. The largest absolute Gasteiger partial charge is 0.244 e. The highest BCUT2D eigenvalue weighted by molar-refractivity contribution is 7.16. The van der Waals surface area contributed by atoms with Gasteiger partial charge in [0.15, 0.2) is 0 Å². The highest BCUT2D eigenvalue weighted by Gasteiger charge is 1.96. The van der Waals surface area contributed by atoms with Crippen LogP contribution in [0, 0.1) is 13.0 Å². The summed E-state index contributed by atoms with van der Waals surface area (Å²) < 4.78 is 1.15. The third-order valence-corrected chi connectivity index (χ3v) is 2.25. The number of nitrogens with zero attached hydrogens (tertiary/aromatic N) is 1. The minimum atomic E-state index is 1.09. The lowest BCUT2D eigenvalue weighted by Crippen LogP contribution is -1.72. The molecule has 0 amide bonds. The van der Waals surface area contributed by atoms with Crippen LogP contribution in [-0.2, 0) is 0 Å². The van der Waals surface area contributed by atoms with Crippen molar-refractivity contribution in [2.75, 3.05) is 0 Å². The third kappa shape index (κ3) is 0.727. The molecule has 1 heterocycles. The van der Waals surface area contributed by atoms with Crippen molar-refractivity contribution < 1.29 is 0 Å². The summed E-state index contributed by atoms with van der Waals surface area (Å²) >= 11 is 1.63. The molecule has 1 aromatic carbocycles. The maximum Gasteiger partial charge on any atom is 0.0847 e. The van der Waals surface area contributed by atoms with E-state index in [-0.39, 0.29) is 0 Å². The molecule has 0 saturated carbocycles. The Morgan fingerprint density at radius 3 is 3.30 bits per heavy atom. The maximum absolute atomic E-state index is 4.21. The molecule has 0 aliphatic heterocycles. The van der Waals surface area contributed by atoms with Crippen LogP contribution in [0.15, 0.2) is 17.6 Å². The number of hydrogen-bond donors (Lipinski definition) is 0. The van der Waals surface area contributed by atoms with Crippen LogP contribution in [0.4, 0.5) is 0 Å². The first-order chi connectivity index (χ1) is 4.88. The molecule has 0 saturated heterocycles. The van der Waals surface area contributed by atoms with E-state index in [2.05, 4.69) is 18.0 Å². The first-order valence-electron chi connectivity index (χ1n) is 3.08. The number of benzene rings is 1. The van der Waals surface area contributed by atoms with Crippen LogP contribution in [0.5, 0.6) is 0 Å². The molecule has 0 aliphatic carbocycles. The van der Waals surface area contributed by atoms with Crippen molar-refractivity contribution in [3.8, 4) is 0 Å². The maximum atomic E-state index is 4.21. The van der Waals surface area contributed by atoms with Crippen molar-refractivity contribution in [2.45, 2.75) is 6.92 Å². The minimum Gasteiger partial charge on any atom is -0.244 e. The highest BCUT2D eigenvalue weighted by atomic mass is 32.1. The van der Waals surface area contributed by atoms with Crippen molar-refractivity contribution in [2.24, 2.45) is 0 Å². The predicted octanol–water partition coefficient (Wildman–Crippen LogP) is 2.40. The second kappa shape index (κ2) is 2.06. The molecular weight excluding hydrogens is 142 g/mol. The summed E-state index contributed by atoms with van der Waals surface area (Å²) in [5.74, 6) is 0. The van der Waals surface area contributed by atoms with Crippen LogP contribution >= 0.6 is 11.3 Å². The fourth-order valence-electron chi connectivity index (χ4n) is 0.951. The van der Waals surface area contributed by atoms with E-state index in [4.69, 9.17) is 0 Å². The summed E-state index contributed by atoms with van der Waals surface area (Å²) in [5, 5.41) is 0. The summed E-state index contributed by atoms with van der Waals surface area (Å²) in [6.45, 7) is 2.07. The Kier molecular flexibility index (Phi) is 1.21. The van der Waals surface area contributed by atoms with E-state index in [0.29, 0.717) is 0 Å². The normalized spacial score (nSPS) is 10.5. The van der Waals surface area contributed by atoms with Gasteiger partial charge in [-0.15, -0.1) is 11.3 Å². The van der Waals surface area contributed by atoms with Crippen molar-refractivity contribution in [1.29, 1.82) is 0 Å². The van der Waals surface area contributed by atoms with E-state index in [9.17, 15) is 0 Å². The summed E-state index contributed by atoms with van der Waals surface area (Å²) in [6.07, 6.45) is 0. The van der Waals surface area contributed by atoms with Gasteiger partial charge in [0.25, 0.3) is 0 Å². The molecule has 1 radical (unpaired) electrons. The molecule has 10 heavy (non-hydrogen) atoms. The van der Waals surface area contributed by atoms with E-state index in [0.717, 1.165) is 10.2 Å². The first-order valence-corrected chi connectivity index (χ1v) is 3.96. The number of hydrogen-bond acceptors (Lipinski definition) is 2. The average molecular weight is 148 g/mol. The SMILES string of the molecule is Cc1cc[c]c2scnc12. The third-order valence-electron chi connectivity index (χ3n) is 1.49.